The SMILES string of the molecule is CC[C@@H](CC[C@@H](C)[C@H]1CC[C@H]2C3=CC=C4C[C@@H](O)CC[C@]4(C)[C@H]3CC[C@]12C)C(C)C. The fraction of sp³-hybridized carbons (Fsp3) is 0.862. The van der Waals surface area contributed by atoms with Crippen LogP contribution in [-0.4, -0.2) is 11.2 Å². The molecule has 170 valence electrons. The van der Waals surface area contributed by atoms with Gasteiger partial charge in [-0.3, -0.25) is 0 Å². The van der Waals surface area contributed by atoms with Gasteiger partial charge in [-0.05, 0) is 97.7 Å². The molecule has 3 saturated carbocycles. The Balaban J connectivity index is 1.51. The summed E-state index contributed by atoms with van der Waals surface area (Å²) >= 11 is 0. The standard InChI is InChI=1S/C29H48O/c1-7-21(19(2)3)9-8-20(4)25-12-13-26-24-11-10-22-18-23(30)14-16-28(22,5)27(24)15-17-29(25,26)6/h10-11,19-21,23,25-27,30H,7-9,12-18H2,1-6H3/t20-,21+,23+,25-,26+,27+,28+,29-/m1/s1. The smallest absolute Gasteiger partial charge is 0.0578 e. The number of hydrogen-bond acceptors (Lipinski definition) is 1. The van der Waals surface area contributed by atoms with Gasteiger partial charge in [-0.2, -0.15) is 0 Å². The number of rotatable bonds is 6. The van der Waals surface area contributed by atoms with Crippen molar-refractivity contribution in [2.75, 3.05) is 0 Å². The molecule has 0 radical (unpaired) electrons. The summed E-state index contributed by atoms with van der Waals surface area (Å²) in [7, 11) is 0. The molecule has 1 heteroatoms. The van der Waals surface area contributed by atoms with Gasteiger partial charge in [0.1, 0.15) is 0 Å². The Hall–Kier alpha value is -0.560. The average molecular weight is 413 g/mol. The molecule has 0 unspecified atom stereocenters. The molecule has 4 aliphatic carbocycles. The van der Waals surface area contributed by atoms with Crippen molar-refractivity contribution in [3.8, 4) is 0 Å². The predicted molar refractivity (Wildman–Crippen MR) is 128 cm³/mol. The molecular formula is C29H48O. The van der Waals surface area contributed by atoms with Crippen LogP contribution in [-0.2, 0) is 0 Å². The minimum Gasteiger partial charge on any atom is -0.393 e. The van der Waals surface area contributed by atoms with Crippen LogP contribution in [0.15, 0.2) is 23.3 Å². The maximum atomic E-state index is 10.2. The largest absolute Gasteiger partial charge is 0.393 e. The first kappa shape index (κ1) is 22.6. The normalized spacial score (nSPS) is 42.7. The zero-order valence-electron chi connectivity index (χ0n) is 20.7. The van der Waals surface area contributed by atoms with Gasteiger partial charge in [0, 0.05) is 0 Å². The second kappa shape index (κ2) is 8.42. The summed E-state index contributed by atoms with van der Waals surface area (Å²) in [6.07, 6.45) is 17.8. The summed E-state index contributed by atoms with van der Waals surface area (Å²) in [6, 6.07) is 0. The molecule has 0 amide bonds. The van der Waals surface area contributed by atoms with Crippen molar-refractivity contribution in [3.63, 3.8) is 0 Å². The third kappa shape index (κ3) is 3.66. The molecule has 0 saturated heterocycles. The molecule has 0 heterocycles. The van der Waals surface area contributed by atoms with Gasteiger partial charge in [0.2, 0.25) is 0 Å². The molecule has 1 nitrogen and oxygen atoms in total. The van der Waals surface area contributed by atoms with Crippen LogP contribution >= 0.6 is 0 Å². The van der Waals surface area contributed by atoms with Crippen LogP contribution < -0.4 is 0 Å². The zero-order chi connectivity index (χ0) is 21.7. The highest BCUT2D eigenvalue weighted by molar-refractivity contribution is 5.38. The molecular weight excluding hydrogens is 364 g/mol. The van der Waals surface area contributed by atoms with E-state index in [1.54, 1.807) is 11.1 Å². The quantitative estimate of drug-likeness (QED) is 0.469. The highest BCUT2D eigenvalue weighted by Gasteiger charge is 2.56. The maximum absolute atomic E-state index is 10.2. The van der Waals surface area contributed by atoms with Crippen molar-refractivity contribution in [2.24, 2.45) is 46.3 Å². The Morgan fingerprint density at radius 2 is 1.73 bits per heavy atom. The lowest BCUT2D eigenvalue weighted by Crippen LogP contribution is -2.46. The maximum Gasteiger partial charge on any atom is 0.0578 e. The van der Waals surface area contributed by atoms with Gasteiger partial charge in [0.15, 0.2) is 0 Å². The summed E-state index contributed by atoms with van der Waals surface area (Å²) in [5.41, 5.74) is 4.17. The van der Waals surface area contributed by atoms with Crippen molar-refractivity contribution in [1.82, 2.24) is 0 Å². The van der Waals surface area contributed by atoms with E-state index in [4.69, 9.17) is 0 Å². The van der Waals surface area contributed by atoms with Crippen LogP contribution in [0.3, 0.4) is 0 Å². The third-order valence-electron chi connectivity index (χ3n) is 10.8. The predicted octanol–water partition coefficient (Wildman–Crippen LogP) is 7.94. The van der Waals surface area contributed by atoms with Crippen LogP contribution in [0.2, 0.25) is 0 Å². The van der Waals surface area contributed by atoms with Crippen molar-refractivity contribution < 1.29 is 5.11 Å². The van der Waals surface area contributed by atoms with Crippen molar-refractivity contribution in [3.05, 3.63) is 23.3 Å². The molecule has 3 fully saturated rings. The van der Waals surface area contributed by atoms with Crippen LogP contribution in [0.5, 0.6) is 0 Å². The first-order chi connectivity index (χ1) is 14.2. The van der Waals surface area contributed by atoms with Gasteiger partial charge >= 0.3 is 0 Å². The molecule has 8 atom stereocenters. The minimum absolute atomic E-state index is 0.109. The monoisotopic (exact) mass is 412 g/mol. The molecule has 0 aliphatic heterocycles. The van der Waals surface area contributed by atoms with Gasteiger partial charge in [0.05, 0.1) is 6.10 Å². The molecule has 4 aliphatic rings. The van der Waals surface area contributed by atoms with E-state index in [0.717, 1.165) is 48.3 Å². The fourth-order valence-electron chi connectivity index (χ4n) is 8.65. The van der Waals surface area contributed by atoms with Crippen molar-refractivity contribution >= 4 is 0 Å². The topological polar surface area (TPSA) is 20.2 Å². The number of aliphatic hydroxyl groups is 1. The van der Waals surface area contributed by atoms with Crippen molar-refractivity contribution in [2.45, 2.75) is 112 Å². The first-order valence-corrected chi connectivity index (χ1v) is 13.3. The van der Waals surface area contributed by atoms with E-state index >= 15 is 0 Å². The average Bonchev–Trinajstić information content (AvgIpc) is 3.06. The lowest BCUT2D eigenvalue weighted by Gasteiger charge is -2.55. The molecule has 1 N–H and O–H groups in total. The van der Waals surface area contributed by atoms with Crippen LogP contribution in [0.25, 0.3) is 0 Å². The molecule has 30 heavy (non-hydrogen) atoms. The Morgan fingerprint density at radius 1 is 0.967 bits per heavy atom. The van der Waals surface area contributed by atoms with E-state index in [1.165, 1.54) is 51.4 Å². The Bertz CT molecular complexity index is 686. The third-order valence-corrected chi connectivity index (χ3v) is 10.8. The molecule has 0 spiro atoms. The van der Waals surface area contributed by atoms with Gasteiger partial charge in [-0.25, -0.2) is 0 Å². The van der Waals surface area contributed by atoms with Crippen molar-refractivity contribution in [1.29, 1.82) is 0 Å². The number of aliphatic hydroxyl groups excluding tert-OH is 1. The summed E-state index contributed by atoms with van der Waals surface area (Å²) in [5.74, 6) is 5.03. The number of fused-ring (bicyclic) bond motifs is 5. The Morgan fingerprint density at radius 3 is 2.43 bits per heavy atom. The van der Waals surface area contributed by atoms with Crippen LogP contribution in [0.4, 0.5) is 0 Å². The summed E-state index contributed by atoms with van der Waals surface area (Å²) in [5, 5.41) is 10.2. The van der Waals surface area contributed by atoms with Gasteiger partial charge < -0.3 is 5.11 Å². The highest BCUT2D eigenvalue weighted by Crippen LogP contribution is 2.66. The Labute approximate surface area is 186 Å². The van der Waals surface area contributed by atoms with Gasteiger partial charge in [-0.1, -0.05) is 77.7 Å². The molecule has 0 aromatic carbocycles. The number of allylic oxidation sites excluding steroid dienone is 3. The van der Waals surface area contributed by atoms with Gasteiger partial charge in [-0.15, -0.1) is 0 Å². The molecule has 0 aromatic heterocycles. The molecule has 4 rings (SSSR count). The van der Waals surface area contributed by atoms with Gasteiger partial charge in [0.25, 0.3) is 0 Å². The van der Waals surface area contributed by atoms with Crippen LogP contribution in [0, 0.1) is 46.3 Å². The second-order valence-electron chi connectivity index (χ2n) is 12.5. The zero-order valence-corrected chi connectivity index (χ0v) is 20.7. The summed E-state index contributed by atoms with van der Waals surface area (Å²) in [4.78, 5) is 0. The number of hydrogen-bond donors (Lipinski definition) is 1. The summed E-state index contributed by atoms with van der Waals surface area (Å²) in [6.45, 7) is 15.0. The van der Waals surface area contributed by atoms with E-state index in [1.807, 2.05) is 0 Å². The van der Waals surface area contributed by atoms with E-state index in [2.05, 4.69) is 53.7 Å². The molecule has 0 aromatic rings. The lowest BCUT2D eigenvalue weighted by atomic mass is 9.50. The summed E-state index contributed by atoms with van der Waals surface area (Å²) < 4.78 is 0. The van der Waals surface area contributed by atoms with E-state index in [0.29, 0.717) is 10.8 Å². The first-order valence-electron chi connectivity index (χ1n) is 13.3. The van der Waals surface area contributed by atoms with E-state index in [-0.39, 0.29) is 6.10 Å². The minimum atomic E-state index is -0.109. The van der Waals surface area contributed by atoms with E-state index < -0.39 is 0 Å². The second-order valence-corrected chi connectivity index (χ2v) is 12.5. The Kier molecular flexibility index (Phi) is 6.35. The fourth-order valence-corrected chi connectivity index (χ4v) is 8.65. The molecule has 0 bridgehead atoms. The van der Waals surface area contributed by atoms with Crippen LogP contribution in [0.1, 0.15) is 106 Å². The highest BCUT2D eigenvalue weighted by atomic mass is 16.3. The lowest BCUT2D eigenvalue weighted by molar-refractivity contribution is 0.0315. The van der Waals surface area contributed by atoms with E-state index in [9.17, 15) is 5.11 Å².